The van der Waals surface area contributed by atoms with Crippen LogP contribution < -0.4 is 0 Å². The van der Waals surface area contributed by atoms with Crippen molar-refractivity contribution in [1.82, 2.24) is 0 Å². The van der Waals surface area contributed by atoms with Gasteiger partial charge in [0.05, 0.1) is 20.3 Å². The summed E-state index contributed by atoms with van der Waals surface area (Å²) in [5.41, 5.74) is 0. The average Bonchev–Trinajstić information content (AvgIpc) is 2.96. The van der Waals surface area contributed by atoms with E-state index in [1.54, 1.807) is 0 Å². The van der Waals surface area contributed by atoms with Crippen LogP contribution in [0, 0.1) is 0 Å². The van der Waals surface area contributed by atoms with E-state index in [0.29, 0.717) is 6.04 Å². The molecule has 0 heterocycles. The summed E-state index contributed by atoms with van der Waals surface area (Å²) in [5.74, 6) is 0. The molecule has 0 aromatic heterocycles. The molecule has 0 N–H and O–H groups in total. The monoisotopic (exact) mass is 571 g/mol. The molecule has 1 atom stereocenters. The third-order valence-corrected chi connectivity index (χ3v) is 8.85. The molecule has 240 valence electrons. The van der Waals surface area contributed by atoms with Gasteiger partial charge in [0.25, 0.3) is 0 Å². The van der Waals surface area contributed by atoms with Gasteiger partial charge in [0.2, 0.25) is 0 Å². The Morgan fingerprint density at radius 2 is 0.732 bits per heavy atom. The molecule has 0 radical (unpaired) electrons. The first kappa shape index (κ1) is 39.9. The fourth-order valence-corrected chi connectivity index (χ4v) is 5.41. The molecule has 0 saturated heterocycles. The van der Waals surface area contributed by atoms with Crippen LogP contribution in [-0.4, -0.2) is 24.6 Å². The molecule has 0 aliphatic rings. The van der Waals surface area contributed by atoms with Gasteiger partial charge in [0.15, 0.2) is 0 Å². The lowest BCUT2D eigenvalue weighted by molar-refractivity contribution is -0.856. The standard InChI is InChI=1S/C40H76N/c1-6-8-10-12-14-16-18-20-22-24-26-28-30-32-34-36-38-40(3)41(4,5)39-37-35-33-31-29-27-25-23-21-19-17-15-13-11-9-7-2/h32-40H,6-31H2,1-5H3/q+1. The minimum atomic E-state index is 0.465. The molecule has 1 unspecified atom stereocenters. The van der Waals surface area contributed by atoms with Crippen molar-refractivity contribution in [3.63, 3.8) is 0 Å². The molecule has 1 nitrogen and oxygen atoms in total. The first-order valence-corrected chi connectivity index (χ1v) is 18.6. The highest BCUT2D eigenvalue weighted by molar-refractivity contribution is 5.05. The van der Waals surface area contributed by atoms with E-state index in [0.717, 1.165) is 4.48 Å². The van der Waals surface area contributed by atoms with Crippen LogP contribution in [0.25, 0.3) is 0 Å². The summed E-state index contributed by atoms with van der Waals surface area (Å²) >= 11 is 0. The number of unbranched alkanes of at least 4 members (excludes halogenated alkanes) is 24. The quantitative estimate of drug-likeness (QED) is 0.0441. The molecule has 1 heteroatoms. The third kappa shape index (κ3) is 30.2. The predicted molar refractivity (Wildman–Crippen MR) is 190 cm³/mol. The second-order valence-electron chi connectivity index (χ2n) is 13.3. The van der Waals surface area contributed by atoms with Crippen molar-refractivity contribution in [2.24, 2.45) is 0 Å². The predicted octanol–water partition coefficient (Wildman–Crippen LogP) is 13.8. The van der Waals surface area contributed by atoms with Gasteiger partial charge in [0, 0.05) is 0 Å². The molecule has 0 fully saturated rings. The fourth-order valence-electron chi connectivity index (χ4n) is 5.41. The van der Waals surface area contributed by atoms with Crippen molar-refractivity contribution in [2.75, 3.05) is 14.1 Å². The first-order valence-electron chi connectivity index (χ1n) is 18.6. The number of likely N-dealkylation sites (N-methyl/N-ethyl adjacent to an activating group) is 1. The second-order valence-corrected chi connectivity index (χ2v) is 13.3. The Balaban J connectivity index is 3.70. The van der Waals surface area contributed by atoms with E-state index >= 15 is 0 Å². The number of rotatable bonds is 31. The van der Waals surface area contributed by atoms with E-state index in [4.69, 9.17) is 0 Å². The van der Waals surface area contributed by atoms with E-state index in [1.165, 1.54) is 167 Å². The number of nitrogens with zero attached hydrogens (tertiary/aromatic N) is 1. The highest BCUT2D eigenvalue weighted by Crippen LogP contribution is 2.14. The van der Waals surface area contributed by atoms with E-state index in [1.807, 2.05) is 0 Å². The summed E-state index contributed by atoms with van der Waals surface area (Å²) in [4.78, 5) is 0. The number of hydrogen-bond acceptors (Lipinski definition) is 0. The van der Waals surface area contributed by atoms with Gasteiger partial charge in [-0.05, 0) is 44.8 Å². The average molecular weight is 571 g/mol. The zero-order chi connectivity index (χ0) is 30.1. The molecule has 0 aromatic carbocycles. The van der Waals surface area contributed by atoms with Crippen LogP contribution in [-0.2, 0) is 0 Å². The van der Waals surface area contributed by atoms with Crippen molar-refractivity contribution in [3.8, 4) is 0 Å². The number of hydrogen-bond donors (Lipinski definition) is 0. The Morgan fingerprint density at radius 1 is 0.415 bits per heavy atom. The zero-order valence-electron chi connectivity index (χ0n) is 29.0. The van der Waals surface area contributed by atoms with Crippen molar-refractivity contribution in [3.05, 3.63) is 48.7 Å². The van der Waals surface area contributed by atoms with Gasteiger partial charge in [-0.15, -0.1) is 0 Å². The van der Waals surface area contributed by atoms with Crippen LogP contribution in [0.1, 0.15) is 188 Å². The van der Waals surface area contributed by atoms with Crippen molar-refractivity contribution >= 4 is 0 Å². The van der Waals surface area contributed by atoms with E-state index in [9.17, 15) is 0 Å². The first-order chi connectivity index (χ1) is 20.0. The fraction of sp³-hybridized carbons (Fsp3) is 0.800. The topological polar surface area (TPSA) is 0 Å². The molecule has 0 saturated carbocycles. The van der Waals surface area contributed by atoms with Crippen LogP contribution >= 0.6 is 0 Å². The molecule has 0 spiro atoms. The number of allylic oxidation sites excluding steroid dienone is 6. The SMILES string of the molecule is CCCCCCCCCCCCCCC=CC=CC(C)[N+](C)(C)C=CC=CCCCCCCCCCCCCCC. The summed E-state index contributed by atoms with van der Waals surface area (Å²) in [6.45, 7) is 6.91. The van der Waals surface area contributed by atoms with Crippen LogP contribution in [0.3, 0.4) is 0 Å². The normalized spacial score (nSPS) is 13.6. The lowest BCUT2D eigenvalue weighted by atomic mass is 10.0. The highest BCUT2D eigenvalue weighted by atomic mass is 15.3. The Morgan fingerprint density at radius 3 is 1.10 bits per heavy atom. The van der Waals surface area contributed by atoms with Crippen molar-refractivity contribution < 1.29 is 4.48 Å². The van der Waals surface area contributed by atoms with Crippen LogP contribution in [0.2, 0.25) is 0 Å². The molecular formula is C40H76N+. The van der Waals surface area contributed by atoms with Crippen LogP contribution in [0.4, 0.5) is 0 Å². The Hall–Kier alpha value is -1.08. The largest absolute Gasteiger partial charge is 0.297 e. The lowest BCUT2D eigenvalue weighted by Gasteiger charge is -2.30. The van der Waals surface area contributed by atoms with E-state index in [-0.39, 0.29) is 0 Å². The zero-order valence-corrected chi connectivity index (χ0v) is 29.0. The van der Waals surface area contributed by atoms with Gasteiger partial charge >= 0.3 is 0 Å². The summed E-state index contributed by atoms with van der Waals surface area (Å²) in [6.07, 6.45) is 55.0. The van der Waals surface area contributed by atoms with E-state index in [2.05, 4.69) is 83.6 Å². The maximum atomic E-state index is 2.35. The molecule has 0 rings (SSSR count). The Kier molecular flexibility index (Phi) is 31.0. The molecule has 0 aliphatic heterocycles. The summed E-state index contributed by atoms with van der Waals surface area (Å²) in [6, 6.07) is 0.465. The van der Waals surface area contributed by atoms with Crippen molar-refractivity contribution in [1.29, 1.82) is 0 Å². The van der Waals surface area contributed by atoms with Crippen LogP contribution in [0.15, 0.2) is 48.7 Å². The Labute approximate surface area is 260 Å². The molecule has 0 amide bonds. The summed E-state index contributed by atoms with van der Waals surface area (Å²) in [5, 5.41) is 0. The van der Waals surface area contributed by atoms with Gasteiger partial charge in [-0.2, -0.15) is 0 Å². The number of quaternary nitrogens is 1. The van der Waals surface area contributed by atoms with Crippen molar-refractivity contribution in [2.45, 2.75) is 194 Å². The summed E-state index contributed by atoms with van der Waals surface area (Å²) in [7, 11) is 4.58. The summed E-state index contributed by atoms with van der Waals surface area (Å²) < 4.78 is 0.881. The molecule has 0 aliphatic carbocycles. The molecule has 0 aromatic rings. The van der Waals surface area contributed by atoms with Crippen LogP contribution in [0.5, 0.6) is 0 Å². The highest BCUT2D eigenvalue weighted by Gasteiger charge is 2.17. The lowest BCUT2D eigenvalue weighted by Crippen LogP contribution is -2.40. The third-order valence-electron chi connectivity index (χ3n) is 8.85. The molecular weight excluding hydrogens is 494 g/mol. The minimum absolute atomic E-state index is 0.465. The molecule has 0 bridgehead atoms. The minimum Gasteiger partial charge on any atom is -0.297 e. The van der Waals surface area contributed by atoms with Gasteiger partial charge in [-0.25, -0.2) is 0 Å². The maximum absolute atomic E-state index is 2.35. The van der Waals surface area contributed by atoms with Gasteiger partial charge < -0.3 is 0 Å². The molecule has 41 heavy (non-hydrogen) atoms. The second kappa shape index (κ2) is 31.8. The van der Waals surface area contributed by atoms with Gasteiger partial charge in [0.1, 0.15) is 6.04 Å². The van der Waals surface area contributed by atoms with Gasteiger partial charge in [-0.3, -0.25) is 4.48 Å². The Bertz CT molecular complexity index is 623. The van der Waals surface area contributed by atoms with Gasteiger partial charge in [-0.1, -0.05) is 185 Å². The smallest absolute Gasteiger partial charge is 0.109 e. The maximum Gasteiger partial charge on any atom is 0.109 e. The van der Waals surface area contributed by atoms with E-state index < -0.39 is 0 Å².